The van der Waals surface area contributed by atoms with E-state index in [-0.39, 0.29) is 6.04 Å². The molecule has 0 amide bonds. The molecule has 1 aliphatic heterocycles. The predicted octanol–water partition coefficient (Wildman–Crippen LogP) is 1.98. The minimum Gasteiger partial charge on any atom is -0.455 e. The molecule has 1 saturated heterocycles. The summed E-state index contributed by atoms with van der Waals surface area (Å²) in [5.74, 6) is 1.95. The van der Waals surface area contributed by atoms with Gasteiger partial charge in [-0.2, -0.15) is 0 Å². The molecule has 0 aromatic carbocycles. The average molecular weight is 472 g/mol. The lowest BCUT2D eigenvalue weighted by molar-refractivity contribution is -0.165. The Morgan fingerprint density at radius 2 is 1.85 bits per heavy atom. The zero-order chi connectivity index (χ0) is 24.2. The number of carbonyl (C=O) groups excluding carboxylic acids is 2. The Balaban J connectivity index is 1.59. The second kappa shape index (κ2) is 10.4. The number of nitrogens with one attached hydrogen (secondary N) is 1. The number of hydrogen-bond donors (Lipinski definition) is 1. The maximum absolute atomic E-state index is 11.8. The van der Waals surface area contributed by atoms with E-state index in [2.05, 4.69) is 26.2 Å². The fourth-order valence-corrected chi connectivity index (χ4v) is 4.58. The molecule has 2 aliphatic rings. The smallest absolute Gasteiger partial charge is 0.303 e. The normalized spacial score (nSPS) is 28.9. The van der Waals surface area contributed by atoms with E-state index in [0.717, 1.165) is 32.3 Å². The number of nitrogens with zero attached hydrogens (tertiary/aromatic N) is 4. The Hall–Kier alpha value is -3.23. The molecule has 11 heteroatoms. The third-order valence-electron chi connectivity index (χ3n) is 6.01. The number of esters is 2. The summed E-state index contributed by atoms with van der Waals surface area (Å²) >= 11 is 0. The van der Waals surface area contributed by atoms with Crippen LogP contribution in [0.5, 0.6) is 0 Å². The van der Waals surface area contributed by atoms with Gasteiger partial charge >= 0.3 is 11.9 Å². The second-order valence-corrected chi connectivity index (χ2v) is 8.38. The van der Waals surface area contributed by atoms with Crippen LogP contribution >= 0.6 is 0 Å². The van der Waals surface area contributed by atoms with Gasteiger partial charge in [-0.15, -0.1) is 6.42 Å². The van der Waals surface area contributed by atoms with Crippen LogP contribution in [0.4, 0.5) is 5.82 Å². The Bertz CT molecular complexity index is 1070. The first-order valence-electron chi connectivity index (χ1n) is 11.4. The summed E-state index contributed by atoms with van der Waals surface area (Å²) < 4.78 is 24.1. The van der Waals surface area contributed by atoms with Crippen LogP contribution in [0.25, 0.3) is 11.2 Å². The van der Waals surface area contributed by atoms with Gasteiger partial charge in [-0.25, -0.2) is 15.0 Å². The molecule has 0 spiro atoms. The first-order valence-corrected chi connectivity index (χ1v) is 11.4. The lowest BCUT2D eigenvalue weighted by Crippen LogP contribution is -2.38. The van der Waals surface area contributed by atoms with E-state index in [9.17, 15) is 9.59 Å². The predicted molar refractivity (Wildman–Crippen MR) is 120 cm³/mol. The summed E-state index contributed by atoms with van der Waals surface area (Å²) in [5.41, 5.74) is 1.02. The first-order chi connectivity index (χ1) is 16.4. The first kappa shape index (κ1) is 23.9. The van der Waals surface area contributed by atoms with Crippen LogP contribution in [-0.4, -0.2) is 68.5 Å². The van der Waals surface area contributed by atoms with E-state index in [1.807, 2.05) is 6.92 Å². The van der Waals surface area contributed by atoms with Crippen LogP contribution in [0, 0.1) is 12.3 Å². The molecule has 4 rings (SSSR count). The van der Waals surface area contributed by atoms with Gasteiger partial charge in [0.05, 0.1) is 12.4 Å². The van der Waals surface area contributed by atoms with Crippen molar-refractivity contribution >= 4 is 28.9 Å². The highest BCUT2D eigenvalue weighted by Crippen LogP contribution is 2.36. The van der Waals surface area contributed by atoms with Crippen LogP contribution in [0.2, 0.25) is 0 Å². The molecule has 2 fully saturated rings. The monoisotopic (exact) mass is 471 g/mol. The summed E-state index contributed by atoms with van der Waals surface area (Å²) in [6, 6.07) is 0.246. The Morgan fingerprint density at radius 3 is 2.50 bits per heavy atom. The van der Waals surface area contributed by atoms with Crippen LogP contribution in [-0.2, 0) is 28.5 Å². The van der Waals surface area contributed by atoms with Crippen molar-refractivity contribution in [2.24, 2.45) is 0 Å². The van der Waals surface area contributed by atoms with Crippen LogP contribution < -0.4 is 5.32 Å². The topological polar surface area (TPSA) is 127 Å². The van der Waals surface area contributed by atoms with Gasteiger partial charge in [0.1, 0.15) is 6.33 Å². The quantitative estimate of drug-likeness (QED) is 0.473. The van der Waals surface area contributed by atoms with E-state index < -0.39 is 36.5 Å². The molecule has 0 radical (unpaired) electrons. The van der Waals surface area contributed by atoms with Crippen molar-refractivity contribution < 1.29 is 28.5 Å². The largest absolute Gasteiger partial charge is 0.455 e. The van der Waals surface area contributed by atoms with Gasteiger partial charge in [-0.3, -0.25) is 14.2 Å². The van der Waals surface area contributed by atoms with E-state index in [0.29, 0.717) is 23.1 Å². The number of hydrogen-bond acceptors (Lipinski definition) is 10. The average Bonchev–Trinajstić information content (AvgIpc) is 3.37. The van der Waals surface area contributed by atoms with Crippen LogP contribution in [0.15, 0.2) is 12.7 Å². The summed E-state index contributed by atoms with van der Waals surface area (Å²) in [6.45, 7) is 5.26. The lowest BCUT2D eigenvalue weighted by Gasteiger charge is -2.29. The molecular formula is C23H29N5O6. The highest BCUT2D eigenvalue weighted by Gasteiger charge is 2.50. The summed E-state index contributed by atoms with van der Waals surface area (Å²) in [7, 11) is 0. The number of imidazole rings is 1. The summed E-state index contributed by atoms with van der Waals surface area (Å²) in [5, 5.41) is 3.48. The molecule has 0 bridgehead atoms. The van der Waals surface area contributed by atoms with Crippen LogP contribution in [0.3, 0.4) is 0 Å². The Labute approximate surface area is 197 Å². The van der Waals surface area contributed by atoms with Gasteiger partial charge < -0.3 is 24.3 Å². The Kier molecular flexibility index (Phi) is 7.29. The number of anilines is 1. The van der Waals surface area contributed by atoms with Crippen molar-refractivity contribution in [2.75, 3.05) is 11.9 Å². The summed E-state index contributed by atoms with van der Waals surface area (Å²) in [4.78, 5) is 36.7. The number of carbonyl (C=O) groups is 2. The minimum atomic E-state index is -0.972. The van der Waals surface area contributed by atoms with E-state index >= 15 is 0 Å². The molecule has 1 N–H and O–H groups in total. The van der Waals surface area contributed by atoms with E-state index in [4.69, 9.17) is 25.4 Å². The van der Waals surface area contributed by atoms with Crippen molar-refractivity contribution in [1.29, 1.82) is 0 Å². The number of terminal acetylenes is 1. The van der Waals surface area contributed by atoms with E-state index in [1.165, 1.54) is 26.5 Å². The highest BCUT2D eigenvalue weighted by molar-refractivity contribution is 5.83. The lowest BCUT2D eigenvalue weighted by atomic mass is 9.93. The maximum Gasteiger partial charge on any atom is 0.303 e. The maximum atomic E-state index is 11.8. The van der Waals surface area contributed by atoms with Crippen molar-refractivity contribution in [3.05, 3.63) is 12.7 Å². The number of aromatic nitrogens is 4. The van der Waals surface area contributed by atoms with Gasteiger partial charge in [-0.1, -0.05) is 5.92 Å². The summed E-state index contributed by atoms with van der Waals surface area (Å²) in [6.07, 6.45) is 9.04. The van der Waals surface area contributed by atoms with Gasteiger partial charge in [0.2, 0.25) is 0 Å². The van der Waals surface area contributed by atoms with Crippen molar-refractivity contribution in [2.45, 2.75) is 83.1 Å². The second-order valence-electron chi connectivity index (χ2n) is 8.38. The van der Waals surface area contributed by atoms with Crippen LogP contribution in [0.1, 0.15) is 52.7 Å². The standard InChI is InChI=1S/C23H29N5O6/c1-5-17-19(32-13(3)29)20(33-14(4)30)23(34-17)28-12-26-18-21(24-11-25-22(18)28)27-15-7-9-16(10-8-15)31-6-2/h1,11-12,15-17,19-20,23H,6-10H2,2-4H3,(H,24,25,27)/t15?,16?,17-,19-,20-,23-/m1/s1. The highest BCUT2D eigenvalue weighted by atomic mass is 16.6. The third-order valence-corrected chi connectivity index (χ3v) is 6.01. The zero-order valence-electron chi connectivity index (χ0n) is 19.5. The Morgan fingerprint density at radius 1 is 1.15 bits per heavy atom. The molecule has 2 aromatic heterocycles. The van der Waals surface area contributed by atoms with Crippen molar-refractivity contribution in [3.8, 4) is 12.3 Å². The van der Waals surface area contributed by atoms with Crippen molar-refractivity contribution in [3.63, 3.8) is 0 Å². The molecule has 182 valence electrons. The van der Waals surface area contributed by atoms with Gasteiger partial charge in [0.15, 0.2) is 41.5 Å². The van der Waals surface area contributed by atoms with Gasteiger partial charge in [0.25, 0.3) is 0 Å². The van der Waals surface area contributed by atoms with Gasteiger partial charge in [-0.05, 0) is 32.6 Å². The molecule has 11 nitrogen and oxygen atoms in total. The van der Waals surface area contributed by atoms with Crippen molar-refractivity contribution in [1.82, 2.24) is 19.5 Å². The number of fused-ring (bicyclic) bond motifs is 1. The molecule has 1 saturated carbocycles. The molecular weight excluding hydrogens is 442 g/mol. The number of rotatable bonds is 7. The third kappa shape index (κ3) is 4.98. The van der Waals surface area contributed by atoms with E-state index in [1.54, 1.807) is 4.57 Å². The minimum absolute atomic E-state index is 0.246. The SMILES string of the molecule is C#C[C@H]1O[C@@H](n2cnc3c(NC4CCC(OCC)CC4)ncnc32)[C@H](OC(C)=O)[C@@H]1OC(C)=O. The fraction of sp³-hybridized carbons (Fsp3) is 0.609. The fourth-order valence-electron chi connectivity index (χ4n) is 4.58. The molecule has 2 aromatic rings. The van der Waals surface area contributed by atoms with Gasteiger partial charge in [0, 0.05) is 26.5 Å². The molecule has 0 unspecified atom stereocenters. The molecule has 4 atom stereocenters. The number of ether oxygens (including phenoxy) is 4. The molecule has 1 aliphatic carbocycles. The zero-order valence-corrected chi connectivity index (χ0v) is 19.5. The molecule has 34 heavy (non-hydrogen) atoms. The molecule has 3 heterocycles.